The van der Waals surface area contributed by atoms with Crippen LogP contribution in [-0.4, -0.2) is 23.0 Å². The quantitative estimate of drug-likeness (QED) is 0.852. The van der Waals surface area contributed by atoms with Crippen LogP contribution < -0.4 is 5.32 Å². The van der Waals surface area contributed by atoms with Crippen LogP contribution in [0.4, 0.5) is 10.2 Å². The summed E-state index contributed by atoms with van der Waals surface area (Å²) in [5, 5.41) is 2.94. The topological polar surface area (TPSA) is 68.3 Å². The van der Waals surface area contributed by atoms with Crippen LogP contribution in [0.5, 0.6) is 0 Å². The van der Waals surface area contributed by atoms with E-state index in [2.05, 4.69) is 10.3 Å². The predicted molar refractivity (Wildman–Crippen MR) is 83.5 cm³/mol. The summed E-state index contributed by atoms with van der Waals surface area (Å²) in [6.45, 7) is 1.44. The van der Waals surface area contributed by atoms with Crippen molar-refractivity contribution in [3.05, 3.63) is 59.0 Å². The molecule has 120 valence electrons. The Labute approximate surface area is 137 Å². The number of benzene rings is 1. The number of amides is 1. The monoisotopic (exact) mass is 336 g/mol. The van der Waals surface area contributed by atoms with Crippen LogP contribution in [0.3, 0.4) is 0 Å². The smallest absolute Gasteiger partial charge is 0.311 e. The molecule has 7 heteroatoms. The molecule has 2 aromatic rings. The first kappa shape index (κ1) is 16.9. The number of esters is 1. The Balaban J connectivity index is 1.87. The molecule has 1 heterocycles. The molecule has 0 saturated heterocycles. The van der Waals surface area contributed by atoms with Crippen LogP contribution in [-0.2, 0) is 20.7 Å². The van der Waals surface area contributed by atoms with E-state index in [4.69, 9.17) is 16.3 Å². The summed E-state index contributed by atoms with van der Waals surface area (Å²) < 4.78 is 18.1. The van der Waals surface area contributed by atoms with Gasteiger partial charge in [0, 0.05) is 6.20 Å². The van der Waals surface area contributed by atoms with E-state index in [9.17, 15) is 14.0 Å². The average molecular weight is 337 g/mol. The molecule has 0 fully saturated rings. The van der Waals surface area contributed by atoms with E-state index in [1.165, 1.54) is 37.4 Å². The number of carbonyl (C=O) groups is 2. The normalized spacial score (nSPS) is 11.6. The summed E-state index contributed by atoms with van der Waals surface area (Å²) in [4.78, 5) is 27.6. The Hall–Kier alpha value is -2.47. The van der Waals surface area contributed by atoms with Crippen molar-refractivity contribution < 1.29 is 18.7 Å². The first-order valence-electron chi connectivity index (χ1n) is 6.80. The van der Waals surface area contributed by atoms with Gasteiger partial charge >= 0.3 is 5.97 Å². The second kappa shape index (κ2) is 7.69. The van der Waals surface area contributed by atoms with Gasteiger partial charge in [0.2, 0.25) is 0 Å². The van der Waals surface area contributed by atoms with E-state index in [1.54, 1.807) is 12.1 Å². The van der Waals surface area contributed by atoms with E-state index in [1.807, 2.05) is 0 Å². The van der Waals surface area contributed by atoms with Crippen molar-refractivity contribution >= 4 is 29.3 Å². The molecule has 2 rings (SSSR count). The zero-order valence-corrected chi connectivity index (χ0v) is 13.0. The van der Waals surface area contributed by atoms with E-state index < -0.39 is 23.8 Å². The standard InChI is InChI=1S/C16H14ClFN2O3/c1-10(16(22)20-14-6-5-12(17)9-19-14)23-15(21)8-11-3-2-4-13(18)7-11/h2-7,9-10H,8H2,1H3,(H,19,20,22)/t10-/m1/s1. The van der Waals surface area contributed by atoms with Crippen molar-refractivity contribution in [2.75, 3.05) is 5.32 Å². The molecule has 0 aliphatic carbocycles. The second-order valence-corrected chi connectivity index (χ2v) is 5.23. The molecule has 0 aliphatic heterocycles. The zero-order chi connectivity index (χ0) is 16.8. The van der Waals surface area contributed by atoms with E-state index in [0.29, 0.717) is 16.4 Å². The molecular formula is C16H14ClFN2O3. The third-order valence-electron chi connectivity index (χ3n) is 2.89. The maximum atomic E-state index is 13.0. The third kappa shape index (κ3) is 5.34. The van der Waals surface area contributed by atoms with Crippen molar-refractivity contribution in [3.8, 4) is 0 Å². The lowest BCUT2D eigenvalue weighted by molar-refractivity contribution is -0.152. The van der Waals surface area contributed by atoms with E-state index >= 15 is 0 Å². The van der Waals surface area contributed by atoms with Crippen LogP contribution in [0.15, 0.2) is 42.6 Å². The van der Waals surface area contributed by atoms with Crippen molar-refractivity contribution in [2.24, 2.45) is 0 Å². The van der Waals surface area contributed by atoms with Crippen LogP contribution >= 0.6 is 11.6 Å². The van der Waals surface area contributed by atoms with Crippen LogP contribution in [0.25, 0.3) is 0 Å². The van der Waals surface area contributed by atoms with Gasteiger partial charge in [0.25, 0.3) is 5.91 Å². The first-order valence-corrected chi connectivity index (χ1v) is 7.18. The van der Waals surface area contributed by atoms with Gasteiger partial charge in [-0.3, -0.25) is 9.59 Å². The van der Waals surface area contributed by atoms with Gasteiger partial charge in [0.05, 0.1) is 11.4 Å². The molecule has 0 aliphatic rings. The molecule has 1 atom stereocenters. The highest BCUT2D eigenvalue weighted by atomic mass is 35.5. The number of hydrogen-bond acceptors (Lipinski definition) is 4. The van der Waals surface area contributed by atoms with E-state index in [0.717, 1.165) is 0 Å². The minimum atomic E-state index is -1.01. The molecule has 0 saturated carbocycles. The molecule has 1 N–H and O–H groups in total. The van der Waals surface area contributed by atoms with Gasteiger partial charge < -0.3 is 10.1 Å². The summed E-state index contributed by atoms with van der Waals surface area (Å²) in [7, 11) is 0. The van der Waals surface area contributed by atoms with Crippen molar-refractivity contribution in [1.82, 2.24) is 4.98 Å². The van der Waals surface area contributed by atoms with Gasteiger partial charge in [-0.25, -0.2) is 9.37 Å². The minimum absolute atomic E-state index is 0.116. The summed E-state index contributed by atoms with van der Waals surface area (Å²) in [5.41, 5.74) is 0.474. The molecule has 23 heavy (non-hydrogen) atoms. The van der Waals surface area contributed by atoms with E-state index in [-0.39, 0.29) is 6.42 Å². The zero-order valence-electron chi connectivity index (χ0n) is 12.3. The first-order chi connectivity index (χ1) is 10.9. The molecule has 5 nitrogen and oxygen atoms in total. The number of nitrogens with one attached hydrogen (secondary N) is 1. The molecule has 0 unspecified atom stereocenters. The maximum absolute atomic E-state index is 13.0. The van der Waals surface area contributed by atoms with Crippen LogP contribution in [0.1, 0.15) is 12.5 Å². The maximum Gasteiger partial charge on any atom is 0.311 e. The number of carbonyl (C=O) groups excluding carboxylic acids is 2. The van der Waals surface area contributed by atoms with Gasteiger partial charge in [-0.2, -0.15) is 0 Å². The number of hydrogen-bond donors (Lipinski definition) is 1. The van der Waals surface area contributed by atoms with Crippen LogP contribution in [0, 0.1) is 5.82 Å². The lowest BCUT2D eigenvalue weighted by Gasteiger charge is -2.13. The SMILES string of the molecule is C[C@@H](OC(=O)Cc1cccc(F)c1)C(=O)Nc1ccc(Cl)cn1. The van der Waals surface area contributed by atoms with Gasteiger partial charge in [0.15, 0.2) is 6.10 Å². The van der Waals surface area contributed by atoms with Gasteiger partial charge in [-0.1, -0.05) is 23.7 Å². The third-order valence-corrected chi connectivity index (χ3v) is 3.12. The number of ether oxygens (including phenoxy) is 1. The van der Waals surface area contributed by atoms with Crippen molar-refractivity contribution in [2.45, 2.75) is 19.4 Å². The number of nitrogens with zero attached hydrogens (tertiary/aromatic N) is 1. The van der Waals surface area contributed by atoms with Crippen molar-refractivity contribution in [1.29, 1.82) is 0 Å². The number of aromatic nitrogens is 1. The Morgan fingerprint density at radius 1 is 1.35 bits per heavy atom. The van der Waals surface area contributed by atoms with Gasteiger partial charge in [-0.05, 0) is 36.8 Å². The number of anilines is 1. The fourth-order valence-corrected chi connectivity index (χ4v) is 1.90. The summed E-state index contributed by atoms with van der Waals surface area (Å²) in [6.07, 6.45) is 0.264. The molecule has 1 aromatic carbocycles. The largest absolute Gasteiger partial charge is 0.452 e. The predicted octanol–water partition coefficient (Wildman–Crippen LogP) is 2.99. The Morgan fingerprint density at radius 2 is 2.13 bits per heavy atom. The summed E-state index contributed by atoms with van der Waals surface area (Å²) in [5.74, 6) is -1.28. The summed E-state index contributed by atoms with van der Waals surface area (Å²) in [6, 6.07) is 8.73. The Bertz CT molecular complexity index is 707. The number of halogens is 2. The van der Waals surface area contributed by atoms with Crippen LogP contribution in [0.2, 0.25) is 5.02 Å². The Kier molecular flexibility index (Phi) is 5.65. The number of rotatable bonds is 5. The number of pyridine rings is 1. The van der Waals surface area contributed by atoms with Gasteiger partial charge in [-0.15, -0.1) is 0 Å². The molecule has 0 bridgehead atoms. The molecular weight excluding hydrogens is 323 g/mol. The highest BCUT2D eigenvalue weighted by Crippen LogP contribution is 2.11. The highest BCUT2D eigenvalue weighted by Gasteiger charge is 2.18. The fourth-order valence-electron chi connectivity index (χ4n) is 1.78. The van der Waals surface area contributed by atoms with Crippen molar-refractivity contribution in [3.63, 3.8) is 0 Å². The summed E-state index contributed by atoms with van der Waals surface area (Å²) >= 11 is 5.70. The molecule has 1 amide bonds. The fraction of sp³-hybridized carbons (Fsp3) is 0.188. The van der Waals surface area contributed by atoms with Gasteiger partial charge in [0.1, 0.15) is 11.6 Å². The molecule has 1 aromatic heterocycles. The minimum Gasteiger partial charge on any atom is -0.452 e. The molecule has 0 spiro atoms. The Morgan fingerprint density at radius 3 is 2.78 bits per heavy atom. The lowest BCUT2D eigenvalue weighted by Crippen LogP contribution is -2.30. The molecule has 0 radical (unpaired) electrons. The highest BCUT2D eigenvalue weighted by molar-refractivity contribution is 6.30. The average Bonchev–Trinajstić information content (AvgIpc) is 2.49. The lowest BCUT2D eigenvalue weighted by atomic mass is 10.1. The second-order valence-electron chi connectivity index (χ2n) is 4.79.